The van der Waals surface area contributed by atoms with Gasteiger partial charge in [-0.1, -0.05) is 33.6 Å². The Balaban J connectivity index is 2.71. The lowest BCUT2D eigenvalue weighted by atomic mass is 9.83. The average molecular weight is 284 g/mol. The molecule has 0 aromatic carbocycles. The molecule has 3 heteroatoms. The Kier molecular flexibility index (Phi) is 8.08. The van der Waals surface area contributed by atoms with E-state index < -0.39 is 0 Å². The van der Waals surface area contributed by atoms with Gasteiger partial charge in [0.25, 0.3) is 0 Å². The highest BCUT2D eigenvalue weighted by atomic mass is 16.5. The Bertz CT molecular complexity index is 245. The van der Waals surface area contributed by atoms with Crippen molar-refractivity contribution in [1.29, 1.82) is 0 Å². The van der Waals surface area contributed by atoms with Gasteiger partial charge in [0.2, 0.25) is 0 Å². The van der Waals surface area contributed by atoms with Crippen LogP contribution in [-0.4, -0.2) is 49.3 Å². The number of nitrogens with one attached hydrogen (secondary N) is 1. The Morgan fingerprint density at radius 2 is 1.70 bits per heavy atom. The maximum absolute atomic E-state index is 5.52. The Morgan fingerprint density at radius 1 is 1.10 bits per heavy atom. The van der Waals surface area contributed by atoms with E-state index >= 15 is 0 Å². The Morgan fingerprint density at radius 3 is 2.20 bits per heavy atom. The number of morpholine rings is 1. The zero-order valence-electron chi connectivity index (χ0n) is 14.4. The molecule has 0 aromatic rings. The van der Waals surface area contributed by atoms with Crippen molar-refractivity contribution in [3.05, 3.63) is 0 Å². The molecule has 1 N–H and O–H groups in total. The molecule has 0 aromatic heterocycles. The van der Waals surface area contributed by atoms with Crippen molar-refractivity contribution in [2.75, 3.05) is 32.8 Å². The molecule has 1 heterocycles. The van der Waals surface area contributed by atoms with Crippen molar-refractivity contribution in [3.8, 4) is 0 Å². The van der Waals surface area contributed by atoms with E-state index in [0.717, 1.165) is 38.8 Å². The first-order valence-corrected chi connectivity index (χ1v) is 8.62. The van der Waals surface area contributed by atoms with Crippen LogP contribution in [0.1, 0.15) is 60.3 Å². The van der Waals surface area contributed by atoms with E-state index in [0.29, 0.717) is 6.04 Å². The quantitative estimate of drug-likeness (QED) is 0.703. The minimum absolute atomic E-state index is 0.210. The molecule has 0 amide bonds. The highest BCUT2D eigenvalue weighted by Crippen LogP contribution is 2.27. The van der Waals surface area contributed by atoms with Gasteiger partial charge in [0.15, 0.2) is 0 Å². The molecule has 0 aliphatic carbocycles. The summed E-state index contributed by atoms with van der Waals surface area (Å²) in [5.74, 6) is 0.838. The lowest BCUT2D eigenvalue weighted by molar-refractivity contribution is -0.0264. The number of nitrogens with zero attached hydrogens (tertiary/aromatic N) is 1. The minimum atomic E-state index is 0.210. The van der Waals surface area contributed by atoms with Crippen molar-refractivity contribution in [3.63, 3.8) is 0 Å². The van der Waals surface area contributed by atoms with Gasteiger partial charge >= 0.3 is 0 Å². The second-order valence-corrected chi connectivity index (χ2v) is 6.68. The molecule has 3 nitrogen and oxygen atoms in total. The standard InChI is InChI=1S/C17H36N2O/c1-6-9-18-16(14-15(7-2)8-3)17(4,5)19-10-12-20-13-11-19/h15-16,18H,6-14H2,1-5H3. The first-order chi connectivity index (χ1) is 9.56. The fourth-order valence-corrected chi connectivity index (χ4v) is 3.26. The molecule has 1 saturated heterocycles. The van der Waals surface area contributed by atoms with E-state index in [1.54, 1.807) is 0 Å². The summed E-state index contributed by atoms with van der Waals surface area (Å²) in [4.78, 5) is 2.62. The molecule has 0 saturated carbocycles. The summed E-state index contributed by atoms with van der Waals surface area (Å²) in [6, 6.07) is 0.574. The van der Waals surface area contributed by atoms with Crippen LogP contribution in [-0.2, 0) is 4.74 Å². The molecular formula is C17H36N2O. The van der Waals surface area contributed by atoms with Crippen LogP contribution in [0.4, 0.5) is 0 Å². The fourth-order valence-electron chi connectivity index (χ4n) is 3.26. The van der Waals surface area contributed by atoms with Crippen molar-refractivity contribution in [2.24, 2.45) is 5.92 Å². The summed E-state index contributed by atoms with van der Waals surface area (Å²) in [6.45, 7) is 16.8. The summed E-state index contributed by atoms with van der Waals surface area (Å²) in [6.07, 6.45) is 5.08. The van der Waals surface area contributed by atoms with Gasteiger partial charge in [-0.2, -0.15) is 0 Å². The molecule has 1 unspecified atom stereocenters. The van der Waals surface area contributed by atoms with E-state index in [1.807, 2.05) is 0 Å². The average Bonchev–Trinajstić information content (AvgIpc) is 2.48. The Labute approximate surface area is 126 Å². The van der Waals surface area contributed by atoms with E-state index in [1.165, 1.54) is 25.7 Å². The highest BCUT2D eigenvalue weighted by molar-refractivity contribution is 4.95. The van der Waals surface area contributed by atoms with Crippen LogP contribution in [0.2, 0.25) is 0 Å². The number of hydrogen-bond acceptors (Lipinski definition) is 3. The fraction of sp³-hybridized carbons (Fsp3) is 1.00. The monoisotopic (exact) mass is 284 g/mol. The number of hydrogen-bond donors (Lipinski definition) is 1. The molecule has 0 spiro atoms. The van der Waals surface area contributed by atoms with Crippen molar-refractivity contribution >= 4 is 0 Å². The molecule has 0 radical (unpaired) electrons. The first-order valence-electron chi connectivity index (χ1n) is 8.62. The summed E-state index contributed by atoms with van der Waals surface area (Å²) in [5, 5.41) is 3.82. The molecule has 1 fully saturated rings. The molecule has 1 atom stereocenters. The van der Waals surface area contributed by atoms with E-state index in [9.17, 15) is 0 Å². The third-order valence-corrected chi connectivity index (χ3v) is 5.04. The zero-order chi connectivity index (χ0) is 15.0. The second-order valence-electron chi connectivity index (χ2n) is 6.68. The van der Waals surface area contributed by atoms with E-state index in [4.69, 9.17) is 4.74 Å². The first kappa shape index (κ1) is 17.9. The van der Waals surface area contributed by atoms with Gasteiger partial charge in [-0.25, -0.2) is 0 Å². The predicted molar refractivity (Wildman–Crippen MR) is 87.2 cm³/mol. The van der Waals surface area contributed by atoms with Crippen LogP contribution < -0.4 is 5.32 Å². The van der Waals surface area contributed by atoms with Gasteiger partial charge in [-0.3, -0.25) is 4.90 Å². The molecule has 120 valence electrons. The highest BCUT2D eigenvalue weighted by Gasteiger charge is 2.36. The normalized spacial score (nSPS) is 19.5. The van der Waals surface area contributed by atoms with Crippen LogP contribution in [0.25, 0.3) is 0 Å². The smallest absolute Gasteiger partial charge is 0.0594 e. The number of ether oxygens (including phenoxy) is 1. The summed E-state index contributed by atoms with van der Waals surface area (Å²) in [7, 11) is 0. The molecule has 1 rings (SSSR count). The Hall–Kier alpha value is -0.120. The predicted octanol–water partition coefficient (Wildman–Crippen LogP) is 3.29. The van der Waals surface area contributed by atoms with Crippen LogP contribution in [0.15, 0.2) is 0 Å². The zero-order valence-corrected chi connectivity index (χ0v) is 14.4. The summed E-state index contributed by atoms with van der Waals surface area (Å²) < 4.78 is 5.52. The van der Waals surface area contributed by atoms with E-state index in [-0.39, 0.29) is 5.54 Å². The van der Waals surface area contributed by atoms with E-state index in [2.05, 4.69) is 44.8 Å². The third kappa shape index (κ3) is 5.01. The van der Waals surface area contributed by atoms with Crippen molar-refractivity contribution in [2.45, 2.75) is 71.9 Å². The maximum Gasteiger partial charge on any atom is 0.0594 e. The summed E-state index contributed by atoms with van der Waals surface area (Å²) >= 11 is 0. The topological polar surface area (TPSA) is 24.5 Å². The largest absolute Gasteiger partial charge is 0.379 e. The number of rotatable bonds is 9. The maximum atomic E-state index is 5.52. The molecule has 1 aliphatic rings. The lowest BCUT2D eigenvalue weighted by Gasteiger charge is -2.47. The lowest BCUT2D eigenvalue weighted by Crippen LogP contribution is -2.60. The minimum Gasteiger partial charge on any atom is -0.379 e. The van der Waals surface area contributed by atoms with Crippen LogP contribution in [0, 0.1) is 5.92 Å². The van der Waals surface area contributed by atoms with Crippen LogP contribution in [0.3, 0.4) is 0 Å². The van der Waals surface area contributed by atoms with Gasteiger partial charge in [-0.15, -0.1) is 0 Å². The molecule has 1 aliphatic heterocycles. The third-order valence-electron chi connectivity index (χ3n) is 5.04. The van der Waals surface area contributed by atoms with Gasteiger partial charge in [0.05, 0.1) is 13.2 Å². The molecular weight excluding hydrogens is 248 g/mol. The van der Waals surface area contributed by atoms with Gasteiger partial charge in [-0.05, 0) is 39.2 Å². The van der Waals surface area contributed by atoms with Crippen molar-refractivity contribution < 1.29 is 4.74 Å². The van der Waals surface area contributed by atoms with Crippen LogP contribution in [0.5, 0.6) is 0 Å². The summed E-state index contributed by atoms with van der Waals surface area (Å²) in [5.41, 5.74) is 0.210. The van der Waals surface area contributed by atoms with Gasteiger partial charge in [0, 0.05) is 24.7 Å². The molecule has 0 bridgehead atoms. The molecule has 20 heavy (non-hydrogen) atoms. The van der Waals surface area contributed by atoms with Gasteiger partial charge < -0.3 is 10.1 Å². The SMILES string of the molecule is CCCNC(CC(CC)CC)C(C)(C)N1CCOCC1. The van der Waals surface area contributed by atoms with Crippen molar-refractivity contribution in [1.82, 2.24) is 10.2 Å². The van der Waals surface area contributed by atoms with Crippen LogP contribution >= 0.6 is 0 Å². The second kappa shape index (κ2) is 9.01. The van der Waals surface area contributed by atoms with Gasteiger partial charge in [0.1, 0.15) is 0 Å².